The predicted octanol–water partition coefficient (Wildman–Crippen LogP) is 1.30. The van der Waals surface area contributed by atoms with Crippen LogP contribution in [0.25, 0.3) is 10.9 Å². The van der Waals surface area contributed by atoms with E-state index in [4.69, 9.17) is 10.1 Å². The Balaban J connectivity index is 1.35. The van der Waals surface area contributed by atoms with Crippen LogP contribution in [0.2, 0.25) is 0 Å². The van der Waals surface area contributed by atoms with Gasteiger partial charge >= 0.3 is 0 Å². The van der Waals surface area contributed by atoms with Crippen molar-refractivity contribution in [3.63, 3.8) is 0 Å². The molecule has 3 aromatic rings. The smallest absolute Gasteiger partial charge is 0.261 e. The first-order valence-electron chi connectivity index (χ1n) is 10.6. The van der Waals surface area contributed by atoms with Crippen LogP contribution in [-0.4, -0.2) is 57.4 Å². The number of anilines is 2. The molecule has 1 aliphatic heterocycles. The van der Waals surface area contributed by atoms with E-state index in [1.54, 1.807) is 0 Å². The van der Waals surface area contributed by atoms with Crippen molar-refractivity contribution < 1.29 is 5.11 Å². The SMILES string of the molecule is Cc1nc2c(c(N3CCN(c4ccc5c(=O)n(CCO)cnc5c4)CC3)n1)CCC2. The molecule has 0 radical (unpaired) electrons. The summed E-state index contributed by atoms with van der Waals surface area (Å²) in [6.45, 7) is 5.77. The molecule has 156 valence electrons. The molecular formula is C22H26N6O2. The Hall–Kier alpha value is -3.00. The fourth-order valence-corrected chi connectivity index (χ4v) is 4.58. The number of aromatic nitrogens is 4. The molecule has 30 heavy (non-hydrogen) atoms. The Morgan fingerprint density at radius 2 is 1.87 bits per heavy atom. The second-order valence-electron chi connectivity index (χ2n) is 8.02. The summed E-state index contributed by atoms with van der Waals surface area (Å²) in [5, 5.41) is 9.68. The van der Waals surface area contributed by atoms with Crippen molar-refractivity contribution in [2.24, 2.45) is 0 Å². The molecule has 1 saturated heterocycles. The summed E-state index contributed by atoms with van der Waals surface area (Å²) >= 11 is 0. The maximum Gasteiger partial charge on any atom is 0.261 e. The van der Waals surface area contributed by atoms with Crippen LogP contribution in [0.3, 0.4) is 0 Å². The molecule has 0 bridgehead atoms. The molecule has 1 aliphatic carbocycles. The molecule has 0 atom stereocenters. The zero-order valence-electron chi connectivity index (χ0n) is 17.2. The number of rotatable bonds is 4. The average Bonchev–Trinajstić information content (AvgIpc) is 3.23. The molecule has 0 amide bonds. The van der Waals surface area contributed by atoms with E-state index >= 15 is 0 Å². The van der Waals surface area contributed by atoms with Crippen molar-refractivity contribution in [3.05, 3.63) is 52.0 Å². The summed E-state index contributed by atoms with van der Waals surface area (Å²) in [6, 6.07) is 5.83. The van der Waals surface area contributed by atoms with E-state index in [0.29, 0.717) is 10.9 Å². The number of hydrogen-bond acceptors (Lipinski definition) is 7. The topological polar surface area (TPSA) is 87.4 Å². The van der Waals surface area contributed by atoms with Crippen LogP contribution in [0.5, 0.6) is 0 Å². The minimum atomic E-state index is -0.113. The molecule has 8 nitrogen and oxygen atoms in total. The monoisotopic (exact) mass is 406 g/mol. The lowest BCUT2D eigenvalue weighted by Gasteiger charge is -2.37. The van der Waals surface area contributed by atoms with Crippen molar-refractivity contribution >= 4 is 22.4 Å². The molecule has 0 unspecified atom stereocenters. The largest absolute Gasteiger partial charge is 0.395 e. The highest BCUT2D eigenvalue weighted by Crippen LogP contribution is 2.30. The lowest BCUT2D eigenvalue weighted by molar-refractivity contribution is 0.274. The van der Waals surface area contributed by atoms with Gasteiger partial charge in [0.1, 0.15) is 11.6 Å². The molecule has 8 heteroatoms. The van der Waals surface area contributed by atoms with Gasteiger partial charge in [-0.1, -0.05) is 0 Å². The molecule has 0 spiro atoms. The third-order valence-corrected chi connectivity index (χ3v) is 6.12. The molecule has 5 rings (SSSR count). The molecule has 1 N–H and O–H groups in total. The van der Waals surface area contributed by atoms with Crippen molar-refractivity contribution in [2.75, 3.05) is 42.6 Å². The lowest BCUT2D eigenvalue weighted by Crippen LogP contribution is -2.47. The van der Waals surface area contributed by atoms with Gasteiger partial charge < -0.3 is 14.9 Å². The van der Waals surface area contributed by atoms with E-state index in [1.807, 2.05) is 25.1 Å². The maximum absolute atomic E-state index is 12.5. The molecule has 1 aromatic carbocycles. The van der Waals surface area contributed by atoms with Gasteiger partial charge in [-0.15, -0.1) is 0 Å². The van der Waals surface area contributed by atoms with Crippen molar-refractivity contribution in [1.82, 2.24) is 19.5 Å². The number of hydrogen-bond donors (Lipinski definition) is 1. The Kier molecular flexibility index (Phi) is 4.86. The van der Waals surface area contributed by atoms with Crippen LogP contribution < -0.4 is 15.4 Å². The number of fused-ring (bicyclic) bond motifs is 2. The molecule has 1 fully saturated rings. The minimum absolute atomic E-state index is 0.0788. The van der Waals surface area contributed by atoms with Gasteiger partial charge in [0, 0.05) is 43.1 Å². The van der Waals surface area contributed by atoms with Gasteiger partial charge in [0.2, 0.25) is 0 Å². The quantitative estimate of drug-likeness (QED) is 0.699. The zero-order valence-corrected chi connectivity index (χ0v) is 17.2. The Bertz CT molecular complexity index is 1150. The van der Waals surface area contributed by atoms with Crippen molar-refractivity contribution in [2.45, 2.75) is 32.7 Å². The Labute approximate surface area is 174 Å². The number of piperazine rings is 1. The van der Waals surface area contributed by atoms with Crippen LogP contribution in [0.1, 0.15) is 23.5 Å². The second-order valence-corrected chi connectivity index (χ2v) is 8.02. The molecular weight excluding hydrogens is 380 g/mol. The average molecular weight is 406 g/mol. The minimum Gasteiger partial charge on any atom is -0.395 e. The van der Waals surface area contributed by atoms with Crippen LogP contribution >= 0.6 is 0 Å². The summed E-state index contributed by atoms with van der Waals surface area (Å²) in [4.78, 5) is 31.1. The van der Waals surface area contributed by atoms with Gasteiger partial charge in [-0.25, -0.2) is 15.0 Å². The molecule has 2 aromatic heterocycles. The van der Waals surface area contributed by atoms with E-state index < -0.39 is 0 Å². The number of nitrogens with zero attached hydrogens (tertiary/aromatic N) is 6. The van der Waals surface area contributed by atoms with Gasteiger partial charge in [-0.3, -0.25) is 9.36 Å². The molecule has 0 saturated carbocycles. The summed E-state index contributed by atoms with van der Waals surface area (Å²) < 4.78 is 1.45. The van der Waals surface area contributed by atoms with E-state index in [9.17, 15) is 4.79 Å². The molecule has 3 heterocycles. The highest BCUT2D eigenvalue weighted by molar-refractivity contribution is 5.81. The Morgan fingerprint density at radius 1 is 1.07 bits per heavy atom. The van der Waals surface area contributed by atoms with E-state index in [1.165, 1.54) is 28.6 Å². The lowest BCUT2D eigenvalue weighted by atomic mass is 10.1. The van der Waals surface area contributed by atoms with Crippen LogP contribution in [0, 0.1) is 6.92 Å². The van der Waals surface area contributed by atoms with Crippen LogP contribution in [0.4, 0.5) is 11.5 Å². The standard InChI is InChI=1S/C22H26N6O2/c1-15-24-19-4-2-3-17(19)21(25-15)27-9-7-26(8-10-27)16-5-6-18-20(13-16)23-14-28(11-12-29)22(18)30/h5-6,13-14,29H,2-4,7-12H2,1H3. The fraction of sp³-hybridized carbons (Fsp3) is 0.455. The van der Waals surface area contributed by atoms with E-state index in [2.05, 4.69) is 19.8 Å². The van der Waals surface area contributed by atoms with Gasteiger partial charge in [0.25, 0.3) is 5.56 Å². The third-order valence-electron chi connectivity index (χ3n) is 6.12. The van der Waals surface area contributed by atoms with Crippen LogP contribution in [-0.2, 0) is 19.4 Å². The van der Waals surface area contributed by atoms with E-state index in [-0.39, 0.29) is 18.7 Å². The zero-order chi connectivity index (χ0) is 20.7. The van der Waals surface area contributed by atoms with Gasteiger partial charge in [0.15, 0.2) is 0 Å². The highest BCUT2D eigenvalue weighted by atomic mass is 16.3. The number of benzene rings is 1. The second kappa shape index (κ2) is 7.68. The van der Waals surface area contributed by atoms with Crippen molar-refractivity contribution in [1.29, 1.82) is 0 Å². The van der Waals surface area contributed by atoms with Gasteiger partial charge in [-0.05, 0) is 44.4 Å². The van der Waals surface area contributed by atoms with Crippen molar-refractivity contribution in [3.8, 4) is 0 Å². The third kappa shape index (κ3) is 3.31. The summed E-state index contributed by atoms with van der Waals surface area (Å²) in [5.74, 6) is 1.99. The highest BCUT2D eigenvalue weighted by Gasteiger charge is 2.25. The first-order valence-corrected chi connectivity index (χ1v) is 10.6. The van der Waals surface area contributed by atoms with Gasteiger partial charge in [-0.2, -0.15) is 0 Å². The predicted molar refractivity (Wildman–Crippen MR) is 116 cm³/mol. The molecule has 2 aliphatic rings. The fourth-order valence-electron chi connectivity index (χ4n) is 4.58. The summed E-state index contributed by atoms with van der Waals surface area (Å²) in [6.07, 6.45) is 4.83. The van der Waals surface area contributed by atoms with Gasteiger partial charge in [0.05, 0.1) is 30.4 Å². The first-order chi connectivity index (χ1) is 14.6. The first kappa shape index (κ1) is 19.0. The summed E-state index contributed by atoms with van der Waals surface area (Å²) in [5.41, 5.74) is 4.23. The maximum atomic E-state index is 12.5. The normalized spacial score (nSPS) is 16.3. The van der Waals surface area contributed by atoms with E-state index in [0.717, 1.165) is 56.4 Å². The number of aliphatic hydroxyl groups excluding tert-OH is 1. The number of aryl methyl sites for hydroxylation is 2. The number of aliphatic hydroxyl groups is 1. The Morgan fingerprint density at radius 3 is 2.67 bits per heavy atom. The summed E-state index contributed by atoms with van der Waals surface area (Å²) in [7, 11) is 0. The van der Waals surface area contributed by atoms with Crippen LogP contribution in [0.15, 0.2) is 29.3 Å².